The van der Waals surface area contributed by atoms with E-state index >= 15 is 0 Å². The maximum Gasteiger partial charge on any atom is 0.404 e. The van der Waals surface area contributed by atoms with E-state index in [1.54, 1.807) is 0 Å². The fraction of sp³-hybridized carbons (Fsp3) is 0.350. The molecule has 0 unspecified atom stereocenters. The third-order valence-corrected chi connectivity index (χ3v) is 4.75. The zero-order valence-corrected chi connectivity index (χ0v) is 14.6. The zero-order valence-electron chi connectivity index (χ0n) is 14.6. The highest BCUT2D eigenvalue weighted by molar-refractivity contribution is 5.64. The van der Waals surface area contributed by atoms with Crippen LogP contribution in [0.1, 0.15) is 18.4 Å². The maximum atomic E-state index is 10.6. The Kier molecular flexibility index (Phi) is 5.69. The number of benzene rings is 1. The molecule has 0 spiro atoms. The number of amides is 1. The molecule has 1 saturated heterocycles. The monoisotopic (exact) mass is 350 g/mol. The van der Waals surface area contributed by atoms with E-state index in [0.717, 1.165) is 48.6 Å². The van der Waals surface area contributed by atoms with Gasteiger partial charge in [-0.3, -0.25) is 0 Å². The van der Waals surface area contributed by atoms with Crippen molar-refractivity contribution in [1.82, 2.24) is 10.3 Å². The fourth-order valence-electron chi connectivity index (χ4n) is 3.24. The van der Waals surface area contributed by atoms with E-state index in [2.05, 4.69) is 16.3 Å². The summed E-state index contributed by atoms with van der Waals surface area (Å²) in [5.74, 6) is 1.34. The number of nitriles is 1. The molecule has 0 atom stereocenters. The van der Waals surface area contributed by atoms with Gasteiger partial charge in [0.15, 0.2) is 0 Å². The lowest BCUT2D eigenvalue weighted by atomic mass is 9.97. The lowest BCUT2D eigenvalue weighted by Gasteiger charge is -2.32. The Bertz CT molecular complexity index is 790. The van der Waals surface area contributed by atoms with Gasteiger partial charge in [-0.15, -0.1) is 0 Å². The molecule has 1 aromatic heterocycles. The second-order valence-corrected chi connectivity index (χ2v) is 6.53. The molecule has 1 fully saturated rings. The van der Waals surface area contributed by atoms with Crippen molar-refractivity contribution < 1.29 is 9.90 Å². The molecule has 1 aliphatic heterocycles. The van der Waals surface area contributed by atoms with E-state index in [-0.39, 0.29) is 0 Å². The van der Waals surface area contributed by atoms with E-state index in [0.29, 0.717) is 18.9 Å². The molecule has 6 heteroatoms. The molecule has 0 aliphatic carbocycles. The number of anilines is 1. The van der Waals surface area contributed by atoms with Gasteiger partial charge >= 0.3 is 6.09 Å². The number of pyridine rings is 1. The third-order valence-electron chi connectivity index (χ3n) is 4.75. The summed E-state index contributed by atoms with van der Waals surface area (Å²) in [6, 6.07) is 16.1. The predicted molar refractivity (Wildman–Crippen MR) is 100.0 cm³/mol. The largest absolute Gasteiger partial charge is 0.465 e. The molecule has 26 heavy (non-hydrogen) atoms. The number of hydrogen-bond acceptors (Lipinski definition) is 4. The lowest BCUT2D eigenvalue weighted by molar-refractivity contribution is 0.191. The van der Waals surface area contributed by atoms with E-state index in [4.69, 9.17) is 15.4 Å². The summed E-state index contributed by atoms with van der Waals surface area (Å²) in [6.45, 7) is 2.28. The second kappa shape index (κ2) is 8.34. The van der Waals surface area contributed by atoms with Gasteiger partial charge < -0.3 is 15.3 Å². The highest BCUT2D eigenvalue weighted by atomic mass is 16.4. The number of carboxylic acid groups (broad SMARTS) is 1. The first kappa shape index (κ1) is 17.7. The minimum absolute atomic E-state index is 0.387. The average molecular weight is 350 g/mol. The van der Waals surface area contributed by atoms with Crippen LogP contribution in [0, 0.1) is 17.2 Å². The van der Waals surface area contributed by atoms with Gasteiger partial charge in [0.25, 0.3) is 0 Å². The van der Waals surface area contributed by atoms with E-state index in [9.17, 15) is 4.79 Å². The van der Waals surface area contributed by atoms with Gasteiger partial charge in [0.2, 0.25) is 0 Å². The Morgan fingerprint density at radius 2 is 1.96 bits per heavy atom. The van der Waals surface area contributed by atoms with Crippen molar-refractivity contribution in [2.24, 2.45) is 5.92 Å². The quantitative estimate of drug-likeness (QED) is 0.863. The average Bonchev–Trinajstić information content (AvgIpc) is 2.68. The van der Waals surface area contributed by atoms with E-state index < -0.39 is 6.09 Å². The summed E-state index contributed by atoms with van der Waals surface area (Å²) >= 11 is 0. The molecule has 1 amide bonds. The van der Waals surface area contributed by atoms with Gasteiger partial charge in [0.05, 0.1) is 18.2 Å². The molecule has 2 N–H and O–H groups in total. The van der Waals surface area contributed by atoms with Crippen LogP contribution in [0.15, 0.2) is 42.5 Å². The van der Waals surface area contributed by atoms with Crippen LogP contribution in [-0.2, 0) is 6.42 Å². The van der Waals surface area contributed by atoms with E-state index in [1.165, 1.54) is 0 Å². The van der Waals surface area contributed by atoms with Gasteiger partial charge in [-0.1, -0.05) is 30.3 Å². The summed E-state index contributed by atoms with van der Waals surface area (Å²) in [6.07, 6.45) is 1.37. The number of aromatic nitrogens is 1. The van der Waals surface area contributed by atoms with Gasteiger partial charge in [0, 0.05) is 25.2 Å². The van der Waals surface area contributed by atoms with Crippen LogP contribution >= 0.6 is 0 Å². The summed E-state index contributed by atoms with van der Waals surface area (Å²) in [4.78, 5) is 17.7. The first-order valence-corrected chi connectivity index (χ1v) is 8.81. The van der Waals surface area contributed by atoms with Crippen LogP contribution in [0.25, 0.3) is 11.3 Å². The van der Waals surface area contributed by atoms with Crippen LogP contribution in [-0.4, -0.2) is 35.8 Å². The summed E-state index contributed by atoms with van der Waals surface area (Å²) in [7, 11) is 0. The van der Waals surface area contributed by atoms with Gasteiger partial charge in [-0.05, 0) is 36.5 Å². The van der Waals surface area contributed by atoms with Crippen molar-refractivity contribution in [1.29, 1.82) is 5.26 Å². The molecule has 134 valence electrons. The van der Waals surface area contributed by atoms with Gasteiger partial charge in [-0.2, -0.15) is 5.26 Å². The molecular weight excluding hydrogens is 328 g/mol. The molecule has 6 nitrogen and oxygen atoms in total. The Morgan fingerprint density at radius 3 is 2.62 bits per heavy atom. The standard InChI is InChI=1S/C20H22N4O2/c21-11-8-15-4-6-17(7-5-15)18-2-1-3-19(23-18)24-12-9-16(10-13-24)14-22-20(25)26/h1-7,16,22H,8-10,12-14H2,(H,25,26). The number of nitrogens with zero attached hydrogens (tertiary/aromatic N) is 3. The molecule has 2 aromatic rings. The zero-order chi connectivity index (χ0) is 18.4. The van der Waals surface area contributed by atoms with Crippen LogP contribution in [0.2, 0.25) is 0 Å². The topological polar surface area (TPSA) is 89.2 Å². The lowest BCUT2D eigenvalue weighted by Crippen LogP contribution is -2.38. The van der Waals surface area contributed by atoms with Gasteiger partial charge in [0.1, 0.15) is 5.82 Å². The highest BCUT2D eigenvalue weighted by Gasteiger charge is 2.20. The molecule has 0 saturated carbocycles. The number of nitrogens with one attached hydrogen (secondary N) is 1. The van der Waals surface area contributed by atoms with Crippen LogP contribution < -0.4 is 10.2 Å². The number of piperidine rings is 1. The summed E-state index contributed by atoms with van der Waals surface area (Å²) in [5.41, 5.74) is 2.96. The highest BCUT2D eigenvalue weighted by Crippen LogP contribution is 2.25. The molecule has 3 rings (SSSR count). The van der Waals surface area contributed by atoms with Crippen LogP contribution in [0.3, 0.4) is 0 Å². The molecule has 1 aromatic carbocycles. The molecule has 0 bridgehead atoms. The van der Waals surface area contributed by atoms with Crippen molar-refractivity contribution >= 4 is 11.9 Å². The van der Waals surface area contributed by atoms with Crippen molar-refractivity contribution in [3.05, 3.63) is 48.0 Å². The number of hydrogen-bond donors (Lipinski definition) is 2. The van der Waals surface area contributed by atoms with Crippen molar-refractivity contribution in [2.45, 2.75) is 19.3 Å². The molecular formula is C20H22N4O2. The summed E-state index contributed by atoms with van der Waals surface area (Å²) < 4.78 is 0. The van der Waals surface area contributed by atoms with Crippen molar-refractivity contribution in [3.63, 3.8) is 0 Å². The molecule has 1 aliphatic rings. The van der Waals surface area contributed by atoms with E-state index in [1.807, 2.05) is 42.5 Å². The number of rotatable bonds is 5. The predicted octanol–water partition coefficient (Wildman–Crippen LogP) is 3.30. The normalized spacial score (nSPS) is 14.7. The summed E-state index contributed by atoms with van der Waals surface area (Å²) in [5, 5.41) is 20.0. The maximum absolute atomic E-state index is 10.6. The minimum Gasteiger partial charge on any atom is -0.465 e. The van der Waals surface area contributed by atoms with Crippen LogP contribution in [0.5, 0.6) is 0 Å². The second-order valence-electron chi connectivity index (χ2n) is 6.53. The molecule has 0 radical (unpaired) electrons. The SMILES string of the molecule is N#CCc1ccc(-c2cccc(N3CCC(CNC(=O)O)CC3)n2)cc1. The first-order chi connectivity index (χ1) is 12.7. The third kappa shape index (κ3) is 4.51. The van der Waals surface area contributed by atoms with Crippen molar-refractivity contribution in [3.8, 4) is 17.3 Å². The fourth-order valence-corrected chi connectivity index (χ4v) is 3.24. The Hall–Kier alpha value is -3.07. The van der Waals surface area contributed by atoms with Crippen molar-refractivity contribution in [2.75, 3.05) is 24.5 Å². The number of carbonyl (C=O) groups is 1. The van der Waals surface area contributed by atoms with Gasteiger partial charge in [-0.25, -0.2) is 9.78 Å². The molecule has 2 heterocycles. The minimum atomic E-state index is -0.956. The first-order valence-electron chi connectivity index (χ1n) is 8.81. The Morgan fingerprint density at radius 1 is 1.23 bits per heavy atom. The Labute approximate surface area is 153 Å². The Balaban J connectivity index is 1.64. The smallest absolute Gasteiger partial charge is 0.404 e. The van der Waals surface area contributed by atoms with Crippen LogP contribution in [0.4, 0.5) is 10.6 Å².